The molecule has 0 fully saturated rings. The summed E-state index contributed by atoms with van der Waals surface area (Å²) in [5.74, 6) is -1.54. The minimum Gasteiger partial charge on any atom is -0.461 e. The van der Waals surface area contributed by atoms with Crippen molar-refractivity contribution in [3.05, 3.63) is 48.0 Å². The van der Waals surface area contributed by atoms with Crippen molar-refractivity contribution in [2.24, 2.45) is 5.92 Å². The van der Waals surface area contributed by atoms with Crippen molar-refractivity contribution >= 4 is 17.9 Å². The largest absolute Gasteiger partial charge is 0.461 e. The Morgan fingerprint density at radius 1 is 1.32 bits per heavy atom. The Kier molecular flexibility index (Phi) is 6.74. The molecular weight excluding hydrogens is 324 g/mol. The zero-order valence-electron chi connectivity index (χ0n) is 14.2. The second-order valence-corrected chi connectivity index (χ2v) is 5.88. The van der Waals surface area contributed by atoms with Crippen LogP contribution in [0.25, 0.3) is 0 Å². The zero-order valence-corrected chi connectivity index (χ0v) is 14.2. The molecular formula is C19H22O6. The predicted molar refractivity (Wildman–Crippen MR) is 89.5 cm³/mol. The van der Waals surface area contributed by atoms with Crippen LogP contribution in [0.3, 0.4) is 0 Å². The van der Waals surface area contributed by atoms with Gasteiger partial charge in [-0.05, 0) is 18.9 Å². The van der Waals surface area contributed by atoms with E-state index in [0.29, 0.717) is 36.8 Å². The van der Waals surface area contributed by atoms with Gasteiger partial charge < -0.3 is 14.2 Å². The van der Waals surface area contributed by atoms with Gasteiger partial charge in [0.1, 0.15) is 6.61 Å². The van der Waals surface area contributed by atoms with Crippen molar-refractivity contribution in [2.75, 3.05) is 6.61 Å². The van der Waals surface area contributed by atoms with Gasteiger partial charge in [-0.3, -0.25) is 9.59 Å². The molecule has 0 bridgehead atoms. The first-order chi connectivity index (χ1) is 12.0. The molecule has 2 rings (SSSR count). The van der Waals surface area contributed by atoms with Gasteiger partial charge in [-0.25, -0.2) is 4.79 Å². The standard InChI is InChI=1S/C19H22O6/c1-3-12-23-16(20)11-7-4-8-13(2)17(21)24-19-15-10-6-5-9-14(15)18(22)25-19/h3,5-6,9-10,13,19H,1,4,7-8,11-12H2,2H3. The molecule has 1 heterocycles. The Hall–Kier alpha value is -2.63. The fourth-order valence-corrected chi connectivity index (χ4v) is 2.48. The van der Waals surface area contributed by atoms with E-state index >= 15 is 0 Å². The van der Waals surface area contributed by atoms with E-state index in [1.807, 2.05) is 0 Å². The lowest BCUT2D eigenvalue weighted by Crippen LogP contribution is -2.18. The number of unbranched alkanes of at least 4 members (excludes halogenated alkanes) is 1. The number of hydrogen-bond acceptors (Lipinski definition) is 6. The smallest absolute Gasteiger partial charge is 0.342 e. The first-order valence-corrected chi connectivity index (χ1v) is 8.30. The molecule has 6 heteroatoms. The molecule has 2 unspecified atom stereocenters. The minimum absolute atomic E-state index is 0.211. The highest BCUT2D eigenvalue weighted by Crippen LogP contribution is 2.32. The maximum absolute atomic E-state index is 12.2. The summed E-state index contributed by atoms with van der Waals surface area (Å²) in [6.07, 6.45) is 2.76. The number of cyclic esters (lactones) is 1. The van der Waals surface area contributed by atoms with Crippen molar-refractivity contribution in [1.82, 2.24) is 0 Å². The highest BCUT2D eigenvalue weighted by atomic mass is 16.7. The predicted octanol–water partition coefficient (Wildman–Crippen LogP) is 3.32. The Morgan fingerprint density at radius 3 is 2.84 bits per heavy atom. The second kappa shape index (κ2) is 9.01. The minimum atomic E-state index is -0.979. The van der Waals surface area contributed by atoms with Crippen molar-refractivity contribution in [3.8, 4) is 0 Å². The molecule has 0 aliphatic carbocycles. The monoisotopic (exact) mass is 346 g/mol. The Bertz CT molecular complexity index is 651. The third-order valence-electron chi connectivity index (χ3n) is 3.90. The highest BCUT2D eigenvalue weighted by molar-refractivity contribution is 5.94. The van der Waals surface area contributed by atoms with Gasteiger partial charge in [0.25, 0.3) is 6.29 Å². The van der Waals surface area contributed by atoms with Crippen molar-refractivity contribution in [3.63, 3.8) is 0 Å². The van der Waals surface area contributed by atoms with Gasteiger partial charge >= 0.3 is 17.9 Å². The van der Waals surface area contributed by atoms with Gasteiger partial charge in [-0.1, -0.05) is 44.2 Å². The molecule has 25 heavy (non-hydrogen) atoms. The number of esters is 3. The van der Waals surface area contributed by atoms with Gasteiger partial charge in [0.2, 0.25) is 0 Å². The van der Waals surface area contributed by atoms with Gasteiger partial charge in [-0.15, -0.1) is 0 Å². The van der Waals surface area contributed by atoms with E-state index < -0.39 is 18.2 Å². The zero-order chi connectivity index (χ0) is 18.2. The average molecular weight is 346 g/mol. The van der Waals surface area contributed by atoms with Gasteiger partial charge in [0, 0.05) is 12.0 Å². The van der Waals surface area contributed by atoms with Crippen LogP contribution in [0, 0.1) is 5.92 Å². The summed E-state index contributed by atoms with van der Waals surface area (Å²) in [7, 11) is 0. The second-order valence-electron chi connectivity index (χ2n) is 5.88. The third kappa shape index (κ3) is 5.17. The molecule has 1 aromatic rings. The molecule has 1 aliphatic rings. The number of carbonyl (C=O) groups is 3. The molecule has 6 nitrogen and oxygen atoms in total. The van der Waals surface area contributed by atoms with Crippen molar-refractivity contribution in [1.29, 1.82) is 0 Å². The molecule has 0 saturated carbocycles. The Morgan fingerprint density at radius 2 is 2.08 bits per heavy atom. The first-order valence-electron chi connectivity index (χ1n) is 8.30. The van der Waals surface area contributed by atoms with Gasteiger partial charge in [0.05, 0.1) is 11.5 Å². The summed E-state index contributed by atoms with van der Waals surface area (Å²) in [5, 5.41) is 0. The van der Waals surface area contributed by atoms with Crippen LogP contribution >= 0.6 is 0 Å². The maximum Gasteiger partial charge on any atom is 0.342 e. The van der Waals surface area contributed by atoms with E-state index in [1.165, 1.54) is 6.08 Å². The Labute approximate surface area is 146 Å². The van der Waals surface area contributed by atoms with Crippen LogP contribution in [0.4, 0.5) is 0 Å². The summed E-state index contributed by atoms with van der Waals surface area (Å²) >= 11 is 0. The summed E-state index contributed by atoms with van der Waals surface area (Å²) in [6.45, 7) is 5.44. The van der Waals surface area contributed by atoms with Crippen LogP contribution < -0.4 is 0 Å². The van der Waals surface area contributed by atoms with Gasteiger partial charge in [-0.2, -0.15) is 0 Å². The molecule has 0 N–H and O–H groups in total. The lowest BCUT2D eigenvalue weighted by atomic mass is 10.0. The molecule has 1 aromatic carbocycles. The molecule has 0 saturated heterocycles. The van der Waals surface area contributed by atoms with E-state index in [2.05, 4.69) is 6.58 Å². The molecule has 1 aliphatic heterocycles. The quantitative estimate of drug-likeness (QED) is 0.388. The number of carbonyl (C=O) groups excluding carboxylic acids is 3. The van der Waals surface area contributed by atoms with Crippen LogP contribution in [-0.2, 0) is 23.8 Å². The highest BCUT2D eigenvalue weighted by Gasteiger charge is 2.34. The topological polar surface area (TPSA) is 78.9 Å². The fraction of sp³-hybridized carbons (Fsp3) is 0.421. The van der Waals surface area contributed by atoms with E-state index in [9.17, 15) is 14.4 Å². The molecule has 0 amide bonds. The molecule has 134 valence electrons. The van der Waals surface area contributed by atoms with Crippen LogP contribution in [0.1, 0.15) is 54.8 Å². The van der Waals surface area contributed by atoms with E-state index in [-0.39, 0.29) is 18.5 Å². The normalized spacial score (nSPS) is 16.5. The molecule has 0 spiro atoms. The number of ether oxygens (including phenoxy) is 3. The lowest BCUT2D eigenvalue weighted by Gasteiger charge is -2.15. The van der Waals surface area contributed by atoms with Crippen LogP contribution in [0.5, 0.6) is 0 Å². The number of rotatable bonds is 9. The van der Waals surface area contributed by atoms with Crippen LogP contribution in [0.2, 0.25) is 0 Å². The number of fused-ring (bicyclic) bond motifs is 1. The summed E-state index contributed by atoms with van der Waals surface area (Å²) in [4.78, 5) is 35.2. The lowest BCUT2D eigenvalue weighted by molar-refractivity contribution is -0.172. The number of hydrogen-bond donors (Lipinski definition) is 0. The van der Waals surface area contributed by atoms with E-state index in [0.717, 1.165) is 0 Å². The van der Waals surface area contributed by atoms with Crippen LogP contribution in [0.15, 0.2) is 36.9 Å². The molecule has 0 aromatic heterocycles. The molecule has 0 radical (unpaired) electrons. The van der Waals surface area contributed by atoms with Crippen molar-refractivity contribution < 1.29 is 28.6 Å². The summed E-state index contributed by atoms with van der Waals surface area (Å²) < 4.78 is 15.3. The van der Waals surface area contributed by atoms with E-state index in [4.69, 9.17) is 14.2 Å². The molecule has 2 atom stereocenters. The SMILES string of the molecule is C=CCOC(=O)CCCCC(C)C(=O)OC1OC(=O)c2ccccc21. The van der Waals surface area contributed by atoms with Crippen LogP contribution in [-0.4, -0.2) is 24.5 Å². The Balaban J connectivity index is 1.73. The first kappa shape index (κ1) is 18.7. The number of benzene rings is 1. The summed E-state index contributed by atoms with van der Waals surface area (Å²) in [5.41, 5.74) is 0.990. The summed E-state index contributed by atoms with van der Waals surface area (Å²) in [6, 6.07) is 6.83. The average Bonchev–Trinajstić information content (AvgIpc) is 2.92. The van der Waals surface area contributed by atoms with Crippen molar-refractivity contribution in [2.45, 2.75) is 38.9 Å². The van der Waals surface area contributed by atoms with E-state index in [1.54, 1.807) is 31.2 Å². The van der Waals surface area contributed by atoms with Gasteiger partial charge in [0.15, 0.2) is 0 Å². The maximum atomic E-state index is 12.2. The third-order valence-corrected chi connectivity index (χ3v) is 3.90. The fourth-order valence-electron chi connectivity index (χ4n) is 2.48.